The van der Waals surface area contributed by atoms with Gasteiger partial charge in [0.05, 0.1) is 5.69 Å². The van der Waals surface area contributed by atoms with Crippen molar-refractivity contribution >= 4 is 34.6 Å². The van der Waals surface area contributed by atoms with Gasteiger partial charge in [-0.15, -0.1) is 10.2 Å². The molecule has 0 radical (unpaired) electrons. The van der Waals surface area contributed by atoms with Crippen LogP contribution in [0.2, 0.25) is 10.3 Å². The summed E-state index contributed by atoms with van der Waals surface area (Å²) in [6.45, 7) is 0. The highest BCUT2D eigenvalue weighted by atomic mass is 35.5. The van der Waals surface area contributed by atoms with Crippen molar-refractivity contribution in [3.63, 3.8) is 0 Å². The van der Waals surface area contributed by atoms with Crippen molar-refractivity contribution in [2.75, 3.05) is 11.9 Å². The van der Waals surface area contributed by atoms with Crippen LogP contribution < -0.4 is 4.90 Å². The van der Waals surface area contributed by atoms with E-state index in [0.29, 0.717) is 11.4 Å². The minimum absolute atomic E-state index is 0.209. The summed E-state index contributed by atoms with van der Waals surface area (Å²) in [5.41, 5.74) is 1.22. The molecule has 0 saturated heterocycles. The third-order valence-electron chi connectivity index (χ3n) is 2.26. The van der Waals surface area contributed by atoms with Crippen molar-refractivity contribution in [1.29, 1.82) is 0 Å². The predicted molar refractivity (Wildman–Crippen MR) is 66.5 cm³/mol. The largest absolute Gasteiger partial charge is 0.342 e. The standard InChI is InChI=1S/C11H8Cl2FN3/c1-17(8-4-2-3-7(14)5-8)9-6-10(12)15-16-11(9)13/h2-6H,1H3. The van der Waals surface area contributed by atoms with Crippen LogP contribution in [0.25, 0.3) is 0 Å². The van der Waals surface area contributed by atoms with Crippen molar-refractivity contribution in [1.82, 2.24) is 10.2 Å². The summed E-state index contributed by atoms with van der Waals surface area (Å²) in [7, 11) is 1.74. The maximum Gasteiger partial charge on any atom is 0.175 e. The second-order valence-electron chi connectivity index (χ2n) is 3.38. The quantitative estimate of drug-likeness (QED) is 0.834. The Morgan fingerprint density at radius 1 is 1.18 bits per heavy atom. The molecule has 2 rings (SSSR count). The summed E-state index contributed by atoms with van der Waals surface area (Å²) >= 11 is 11.7. The number of benzene rings is 1. The molecule has 0 atom stereocenters. The van der Waals surface area contributed by atoms with Gasteiger partial charge in [0.2, 0.25) is 0 Å². The van der Waals surface area contributed by atoms with Crippen LogP contribution >= 0.6 is 23.2 Å². The zero-order valence-electron chi connectivity index (χ0n) is 8.86. The van der Waals surface area contributed by atoms with Gasteiger partial charge in [0.25, 0.3) is 0 Å². The highest BCUT2D eigenvalue weighted by Crippen LogP contribution is 2.30. The number of rotatable bonds is 2. The first-order valence-corrected chi connectivity index (χ1v) is 5.51. The first kappa shape index (κ1) is 12.1. The van der Waals surface area contributed by atoms with E-state index in [-0.39, 0.29) is 16.1 Å². The van der Waals surface area contributed by atoms with Gasteiger partial charge in [0.15, 0.2) is 10.3 Å². The lowest BCUT2D eigenvalue weighted by Crippen LogP contribution is -2.11. The molecule has 3 nitrogen and oxygen atoms in total. The van der Waals surface area contributed by atoms with Crippen LogP contribution in [0, 0.1) is 5.82 Å². The molecule has 0 aliphatic rings. The number of aromatic nitrogens is 2. The molecule has 0 aliphatic carbocycles. The van der Waals surface area contributed by atoms with E-state index >= 15 is 0 Å². The molecule has 0 fully saturated rings. The molecule has 0 saturated carbocycles. The normalized spacial score (nSPS) is 10.4. The van der Waals surface area contributed by atoms with Gasteiger partial charge in [-0.1, -0.05) is 29.3 Å². The van der Waals surface area contributed by atoms with Gasteiger partial charge >= 0.3 is 0 Å². The molecule has 88 valence electrons. The highest BCUT2D eigenvalue weighted by molar-refractivity contribution is 6.33. The maximum atomic E-state index is 13.1. The fourth-order valence-corrected chi connectivity index (χ4v) is 1.76. The Balaban J connectivity index is 2.43. The highest BCUT2D eigenvalue weighted by Gasteiger charge is 2.11. The topological polar surface area (TPSA) is 29.0 Å². The van der Waals surface area contributed by atoms with E-state index in [9.17, 15) is 4.39 Å². The summed E-state index contributed by atoms with van der Waals surface area (Å²) < 4.78 is 13.1. The first-order valence-electron chi connectivity index (χ1n) is 4.76. The molecule has 0 bridgehead atoms. The van der Waals surface area contributed by atoms with E-state index < -0.39 is 0 Å². The van der Waals surface area contributed by atoms with Crippen LogP contribution in [0.5, 0.6) is 0 Å². The first-order chi connectivity index (χ1) is 8.08. The third kappa shape index (κ3) is 2.65. The fourth-order valence-electron chi connectivity index (χ4n) is 1.40. The number of hydrogen-bond donors (Lipinski definition) is 0. The van der Waals surface area contributed by atoms with Gasteiger partial charge in [-0.05, 0) is 18.2 Å². The van der Waals surface area contributed by atoms with E-state index in [1.807, 2.05) is 0 Å². The van der Waals surface area contributed by atoms with Gasteiger partial charge in [0, 0.05) is 18.8 Å². The summed E-state index contributed by atoms with van der Waals surface area (Å²) in [4.78, 5) is 1.69. The van der Waals surface area contributed by atoms with Crippen LogP contribution in [0.15, 0.2) is 30.3 Å². The lowest BCUT2D eigenvalue weighted by atomic mass is 10.2. The van der Waals surface area contributed by atoms with E-state index in [0.717, 1.165) is 0 Å². The number of anilines is 2. The van der Waals surface area contributed by atoms with Gasteiger partial charge in [-0.3, -0.25) is 0 Å². The molecule has 0 unspecified atom stereocenters. The maximum absolute atomic E-state index is 13.1. The summed E-state index contributed by atoms with van der Waals surface area (Å²) in [6, 6.07) is 7.71. The second kappa shape index (κ2) is 4.85. The monoisotopic (exact) mass is 271 g/mol. The van der Waals surface area contributed by atoms with Crippen molar-refractivity contribution in [2.24, 2.45) is 0 Å². The molecule has 1 aromatic carbocycles. The molecule has 0 N–H and O–H groups in total. The van der Waals surface area contributed by atoms with Gasteiger partial charge in [-0.25, -0.2) is 4.39 Å². The van der Waals surface area contributed by atoms with E-state index in [1.165, 1.54) is 12.1 Å². The Morgan fingerprint density at radius 3 is 2.65 bits per heavy atom. The Kier molecular flexibility index (Phi) is 3.45. The SMILES string of the molecule is CN(c1cccc(F)c1)c1cc(Cl)nnc1Cl. The summed E-state index contributed by atoms with van der Waals surface area (Å²) in [6.07, 6.45) is 0. The van der Waals surface area contributed by atoms with Gasteiger partial charge in [-0.2, -0.15) is 0 Å². The molecule has 0 amide bonds. The number of halogens is 3. The molecule has 6 heteroatoms. The van der Waals surface area contributed by atoms with Crippen LogP contribution in [0.1, 0.15) is 0 Å². The lowest BCUT2D eigenvalue weighted by Gasteiger charge is -2.19. The number of hydrogen-bond acceptors (Lipinski definition) is 3. The molecule has 0 aliphatic heterocycles. The van der Waals surface area contributed by atoms with Crippen LogP contribution in [0.3, 0.4) is 0 Å². The Morgan fingerprint density at radius 2 is 1.94 bits per heavy atom. The summed E-state index contributed by atoms with van der Waals surface area (Å²) in [5, 5.41) is 7.75. The molecule has 0 spiro atoms. The molecular formula is C11H8Cl2FN3. The lowest BCUT2D eigenvalue weighted by molar-refractivity contribution is 0.628. The second-order valence-corrected chi connectivity index (χ2v) is 4.13. The molecule has 2 aromatic rings. The van der Waals surface area contributed by atoms with Crippen LogP contribution in [-0.4, -0.2) is 17.2 Å². The van der Waals surface area contributed by atoms with E-state index in [4.69, 9.17) is 23.2 Å². The zero-order chi connectivity index (χ0) is 12.4. The van der Waals surface area contributed by atoms with Crippen LogP contribution in [-0.2, 0) is 0 Å². The minimum atomic E-state index is -0.321. The summed E-state index contributed by atoms with van der Waals surface area (Å²) in [5.74, 6) is -0.321. The Labute approximate surface area is 108 Å². The van der Waals surface area contributed by atoms with Crippen LogP contribution in [0.4, 0.5) is 15.8 Å². The molecule has 17 heavy (non-hydrogen) atoms. The third-order valence-corrected chi connectivity index (χ3v) is 2.71. The van der Waals surface area contributed by atoms with E-state index in [1.54, 1.807) is 30.1 Å². The van der Waals surface area contributed by atoms with Crippen molar-refractivity contribution in [3.8, 4) is 0 Å². The minimum Gasteiger partial charge on any atom is -0.342 e. The molecule has 1 heterocycles. The van der Waals surface area contributed by atoms with E-state index in [2.05, 4.69) is 10.2 Å². The van der Waals surface area contributed by atoms with Gasteiger partial charge in [0.1, 0.15) is 5.82 Å². The van der Waals surface area contributed by atoms with Crippen molar-refractivity contribution in [2.45, 2.75) is 0 Å². The van der Waals surface area contributed by atoms with Crippen molar-refractivity contribution < 1.29 is 4.39 Å². The smallest absolute Gasteiger partial charge is 0.175 e. The average Bonchev–Trinajstić information content (AvgIpc) is 2.31. The number of nitrogens with zero attached hydrogens (tertiary/aromatic N) is 3. The fraction of sp³-hybridized carbons (Fsp3) is 0.0909. The Bertz CT molecular complexity index is 548. The zero-order valence-corrected chi connectivity index (χ0v) is 10.4. The average molecular weight is 272 g/mol. The molecular weight excluding hydrogens is 264 g/mol. The predicted octanol–water partition coefficient (Wildman–Crippen LogP) is 3.69. The van der Waals surface area contributed by atoms with Gasteiger partial charge < -0.3 is 4.90 Å². The van der Waals surface area contributed by atoms with Crippen molar-refractivity contribution in [3.05, 3.63) is 46.5 Å². The Hall–Kier alpha value is -1.39. The molecule has 1 aromatic heterocycles.